The fourth-order valence-electron chi connectivity index (χ4n) is 3.25. The lowest BCUT2D eigenvalue weighted by atomic mass is 9.85. The van der Waals surface area contributed by atoms with Gasteiger partial charge in [0.25, 0.3) is 0 Å². The number of hydrogen-bond donors (Lipinski definition) is 0. The first-order valence-corrected chi connectivity index (χ1v) is 8.05. The van der Waals surface area contributed by atoms with Crippen LogP contribution < -0.4 is 0 Å². The normalized spacial score (nSPS) is 15.9. The highest BCUT2D eigenvalue weighted by Crippen LogP contribution is 2.31. The Bertz CT molecular complexity index is 989. The van der Waals surface area contributed by atoms with Crippen LogP contribution in [0.5, 0.6) is 0 Å². The van der Waals surface area contributed by atoms with E-state index in [1.807, 2.05) is 51.1 Å². The van der Waals surface area contributed by atoms with E-state index in [1.54, 1.807) is 6.07 Å². The van der Waals surface area contributed by atoms with Crippen LogP contribution in [0.25, 0.3) is 10.9 Å². The molecule has 0 amide bonds. The molecule has 3 aromatic rings. The quantitative estimate of drug-likeness (QED) is 0.672. The van der Waals surface area contributed by atoms with Gasteiger partial charge in [-0.15, -0.1) is 10.2 Å². The van der Waals surface area contributed by atoms with Crippen LogP contribution in [0.1, 0.15) is 36.2 Å². The van der Waals surface area contributed by atoms with Crippen LogP contribution in [0.2, 0.25) is 0 Å². The van der Waals surface area contributed by atoms with Gasteiger partial charge in [-0.1, -0.05) is 24.3 Å². The first kappa shape index (κ1) is 14.9. The van der Waals surface area contributed by atoms with E-state index in [9.17, 15) is 4.39 Å². The van der Waals surface area contributed by atoms with Gasteiger partial charge in [0.1, 0.15) is 11.5 Å². The third-order valence-corrected chi connectivity index (χ3v) is 4.38. The third kappa shape index (κ3) is 2.48. The fraction of sp³-hybridized carbons (Fsp3) is 0.250. The van der Waals surface area contributed by atoms with Crippen molar-refractivity contribution in [2.75, 3.05) is 0 Å². The molecule has 0 radical (unpaired) electrons. The number of fused-ring (bicyclic) bond motifs is 2. The molecule has 1 aliphatic rings. The zero-order valence-corrected chi connectivity index (χ0v) is 14.0. The van der Waals surface area contributed by atoms with Crippen LogP contribution in [0.4, 0.5) is 4.39 Å². The molecule has 0 atom stereocenters. The molecular formula is C20H18FN3. The minimum atomic E-state index is -0.367. The molecule has 0 fully saturated rings. The molecule has 2 heterocycles. The Morgan fingerprint density at radius 3 is 2.71 bits per heavy atom. The van der Waals surface area contributed by atoms with E-state index in [1.165, 1.54) is 6.07 Å². The summed E-state index contributed by atoms with van der Waals surface area (Å²) < 4.78 is 14.3. The number of hydrogen-bond acceptors (Lipinski definition) is 3. The molecule has 0 N–H and O–H groups in total. The van der Waals surface area contributed by atoms with E-state index in [0.717, 1.165) is 27.7 Å². The summed E-state index contributed by atoms with van der Waals surface area (Å²) in [5.41, 5.74) is 4.56. The molecule has 3 nitrogen and oxygen atoms in total. The maximum atomic E-state index is 14.3. The Labute approximate surface area is 140 Å². The first-order valence-electron chi connectivity index (χ1n) is 8.05. The van der Waals surface area contributed by atoms with Crippen molar-refractivity contribution in [3.63, 3.8) is 0 Å². The molecule has 24 heavy (non-hydrogen) atoms. The molecule has 0 spiro atoms. The van der Waals surface area contributed by atoms with E-state index >= 15 is 0 Å². The molecule has 2 aromatic carbocycles. The average molecular weight is 319 g/mol. The smallest absolute Gasteiger partial charge is 0.127 e. The van der Waals surface area contributed by atoms with Crippen LogP contribution in [-0.4, -0.2) is 21.4 Å². The van der Waals surface area contributed by atoms with Gasteiger partial charge in [0.05, 0.1) is 16.8 Å². The SMILES string of the molecule is Cc1ccc2cc(C3=NC(C)(C)Cc4c(F)cccc43)nnc2c1. The second-order valence-corrected chi connectivity index (χ2v) is 7.01. The second-order valence-electron chi connectivity index (χ2n) is 7.01. The van der Waals surface area contributed by atoms with Gasteiger partial charge < -0.3 is 0 Å². The van der Waals surface area contributed by atoms with Crippen LogP contribution in [0.3, 0.4) is 0 Å². The van der Waals surface area contributed by atoms with Crippen LogP contribution in [-0.2, 0) is 6.42 Å². The highest BCUT2D eigenvalue weighted by Gasteiger charge is 2.30. The molecule has 4 rings (SSSR count). The summed E-state index contributed by atoms with van der Waals surface area (Å²) >= 11 is 0. The van der Waals surface area contributed by atoms with E-state index in [0.29, 0.717) is 17.7 Å². The summed E-state index contributed by atoms with van der Waals surface area (Å²) in [6, 6.07) is 13.2. The van der Waals surface area contributed by atoms with Gasteiger partial charge in [-0.3, -0.25) is 4.99 Å². The predicted molar refractivity (Wildman–Crippen MR) is 94.1 cm³/mol. The second kappa shape index (κ2) is 5.20. The van der Waals surface area contributed by atoms with E-state index in [2.05, 4.69) is 10.2 Å². The lowest BCUT2D eigenvalue weighted by Gasteiger charge is -2.29. The Hall–Kier alpha value is -2.62. The number of aryl methyl sites for hydroxylation is 1. The van der Waals surface area contributed by atoms with Crippen molar-refractivity contribution in [1.29, 1.82) is 0 Å². The molecule has 1 aliphatic heterocycles. The molecule has 0 saturated carbocycles. The number of nitrogens with zero attached hydrogens (tertiary/aromatic N) is 3. The maximum Gasteiger partial charge on any atom is 0.127 e. The Balaban J connectivity index is 1.93. The van der Waals surface area contributed by atoms with Gasteiger partial charge in [0, 0.05) is 17.4 Å². The highest BCUT2D eigenvalue weighted by molar-refractivity contribution is 6.14. The number of rotatable bonds is 1. The third-order valence-electron chi connectivity index (χ3n) is 4.38. The summed E-state index contributed by atoms with van der Waals surface area (Å²) in [6.45, 7) is 6.06. The van der Waals surface area contributed by atoms with Crippen molar-refractivity contribution in [1.82, 2.24) is 10.2 Å². The molecule has 0 saturated heterocycles. The molecule has 120 valence electrons. The first-order chi connectivity index (χ1) is 11.4. The lowest BCUT2D eigenvalue weighted by Crippen LogP contribution is -2.30. The van der Waals surface area contributed by atoms with Crippen LogP contribution >= 0.6 is 0 Å². The summed E-state index contributed by atoms with van der Waals surface area (Å²) in [5, 5.41) is 9.71. The van der Waals surface area contributed by atoms with Gasteiger partial charge >= 0.3 is 0 Å². The van der Waals surface area contributed by atoms with Gasteiger partial charge in [-0.05, 0) is 50.1 Å². The van der Waals surface area contributed by atoms with Crippen molar-refractivity contribution in [3.8, 4) is 0 Å². The van der Waals surface area contributed by atoms with Gasteiger partial charge in [0.15, 0.2) is 0 Å². The monoisotopic (exact) mass is 319 g/mol. The highest BCUT2D eigenvalue weighted by atomic mass is 19.1. The van der Waals surface area contributed by atoms with Gasteiger partial charge in [0.2, 0.25) is 0 Å². The van der Waals surface area contributed by atoms with Gasteiger partial charge in [-0.2, -0.15) is 0 Å². The Morgan fingerprint density at radius 1 is 1.04 bits per heavy atom. The molecule has 4 heteroatoms. The van der Waals surface area contributed by atoms with Crippen molar-refractivity contribution in [2.45, 2.75) is 32.7 Å². The fourth-order valence-corrected chi connectivity index (χ4v) is 3.25. The molecular weight excluding hydrogens is 301 g/mol. The van der Waals surface area contributed by atoms with E-state index in [-0.39, 0.29) is 11.4 Å². The number of benzene rings is 2. The Morgan fingerprint density at radius 2 is 1.88 bits per heavy atom. The summed E-state index contributed by atoms with van der Waals surface area (Å²) in [5.74, 6) is -0.183. The van der Waals surface area contributed by atoms with E-state index < -0.39 is 0 Å². The zero-order valence-electron chi connectivity index (χ0n) is 14.0. The molecule has 0 unspecified atom stereocenters. The van der Waals surface area contributed by atoms with Crippen LogP contribution in [0.15, 0.2) is 47.5 Å². The number of halogens is 1. The van der Waals surface area contributed by atoms with Crippen LogP contribution in [0, 0.1) is 12.7 Å². The maximum absolute atomic E-state index is 14.3. The Kier molecular flexibility index (Phi) is 3.23. The van der Waals surface area contributed by atoms with Gasteiger partial charge in [-0.25, -0.2) is 4.39 Å². The van der Waals surface area contributed by atoms with Crippen molar-refractivity contribution >= 4 is 16.6 Å². The van der Waals surface area contributed by atoms with Crippen molar-refractivity contribution < 1.29 is 4.39 Å². The molecule has 0 aliphatic carbocycles. The van der Waals surface area contributed by atoms with Crippen molar-refractivity contribution in [2.24, 2.45) is 4.99 Å². The number of aliphatic imine (C=N–C) groups is 1. The summed E-state index contributed by atoms with van der Waals surface area (Å²) in [6.07, 6.45) is 0.582. The number of aromatic nitrogens is 2. The molecule has 1 aromatic heterocycles. The largest absolute Gasteiger partial charge is 0.276 e. The summed E-state index contributed by atoms with van der Waals surface area (Å²) in [4.78, 5) is 4.84. The molecule has 0 bridgehead atoms. The topological polar surface area (TPSA) is 38.1 Å². The predicted octanol–water partition coefficient (Wildman–Crippen LogP) is 4.25. The zero-order chi connectivity index (χ0) is 16.9. The minimum Gasteiger partial charge on any atom is -0.276 e. The van der Waals surface area contributed by atoms with Crippen molar-refractivity contribution in [3.05, 3.63) is 70.7 Å². The standard InChI is InChI=1S/C20H18FN3/c1-12-7-8-13-10-18(24-23-17(13)9-12)19-14-5-4-6-16(21)15(14)11-20(2,3)22-19/h4-10H,11H2,1-3H3. The lowest BCUT2D eigenvalue weighted by molar-refractivity contribution is 0.492. The minimum absolute atomic E-state index is 0.183. The summed E-state index contributed by atoms with van der Waals surface area (Å²) in [7, 11) is 0. The average Bonchev–Trinajstić information content (AvgIpc) is 2.54. The van der Waals surface area contributed by atoms with E-state index in [4.69, 9.17) is 4.99 Å².